The second kappa shape index (κ2) is 4.97. The van der Waals surface area contributed by atoms with Crippen LogP contribution in [0.2, 0.25) is 0 Å². The molecule has 0 aliphatic heterocycles. The van der Waals surface area contributed by atoms with Crippen LogP contribution in [-0.4, -0.2) is 19.7 Å². The molecule has 1 heterocycles. The monoisotopic (exact) mass is 325 g/mol. The predicted octanol–water partition coefficient (Wildman–Crippen LogP) is 3.35. The normalized spacial score (nSPS) is 14.7. The minimum Gasteiger partial charge on any atom is -0.260 e. The standard InChI is InChI=1S/C11H10F3NO3S2/c1-6(18-20(2,16)17)10-15-8-5-7(11(12,13)14)3-4-9(8)19-10/h3-6H,1-2H3. The Labute approximate surface area is 117 Å². The summed E-state index contributed by atoms with van der Waals surface area (Å²) in [5, 5.41) is 0.310. The summed E-state index contributed by atoms with van der Waals surface area (Å²) in [4.78, 5) is 4.00. The zero-order valence-electron chi connectivity index (χ0n) is 10.4. The van der Waals surface area contributed by atoms with Crippen molar-refractivity contribution in [2.75, 3.05) is 6.26 Å². The summed E-state index contributed by atoms with van der Waals surface area (Å²) in [6.45, 7) is 1.48. The Morgan fingerprint density at radius 2 is 2.00 bits per heavy atom. The molecule has 0 aliphatic carbocycles. The van der Waals surface area contributed by atoms with Gasteiger partial charge >= 0.3 is 6.18 Å². The zero-order valence-corrected chi connectivity index (χ0v) is 12.1. The highest BCUT2D eigenvalue weighted by Gasteiger charge is 2.31. The first-order chi connectivity index (χ1) is 9.06. The molecule has 0 aliphatic rings. The Kier molecular flexibility index (Phi) is 3.78. The largest absolute Gasteiger partial charge is 0.416 e. The molecular weight excluding hydrogens is 315 g/mol. The fraction of sp³-hybridized carbons (Fsp3) is 0.364. The lowest BCUT2D eigenvalue weighted by atomic mass is 10.2. The average molecular weight is 325 g/mol. The Balaban J connectivity index is 2.39. The third-order valence-corrected chi connectivity index (χ3v) is 4.23. The molecule has 0 saturated heterocycles. The van der Waals surface area contributed by atoms with E-state index in [2.05, 4.69) is 4.98 Å². The van der Waals surface area contributed by atoms with Gasteiger partial charge < -0.3 is 0 Å². The molecule has 110 valence electrons. The van der Waals surface area contributed by atoms with E-state index in [4.69, 9.17) is 4.18 Å². The van der Waals surface area contributed by atoms with Gasteiger partial charge in [-0.2, -0.15) is 21.6 Å². The van der Waals surface area contributed by atoms with Crippen molar-refractivity contribution in [1.29, 1.82) is 0 Å². The molecule has 0 radical (unpaired) electrons. The van der Waals surface area contributed by atoms with Crippen LogP contribution in [0.1, 0.15) is 23.6 Å². The molecule has 0 N–H and O–H groups in total. The van der Waals surface area contributed by atoms with E-state index < -0.39 is 28.0 Å². The third kappa shape index (κ3) is 3.47. The van der Waals surface area contributed by atoms with Gasteiger partial charge in [-0.25, -0.2) is 4.98 Å². The van der Waals surface area contributed by atoms with Gasteiger partial charge in [0.25, 0.3) is 10.1 Å². The van der Waals surface area contributed by atoms with Crippen LogP contribution in [0.25, 0.3) is 10.2 Å². The smallest absolute Gasteiger partial charge is 0.260 e. The van der Waals surface area contributed by atoms with Crippen LogP contribution in [0, 0.1) is 0 Å². The lowest BCUT2D eigenvalue weighted by Crippen LogP contribution is -2.07. The molecule has 0 fully saturated rings. The maximum atomic E-state index is 12.6. The highest BCUT2D eigenvalue weighted by atomic mass is 32.2. The Morgan fingerprint density at radius 3 is 2.55 bits per heavy atom. The molecule has 0 bridgehead atoms. The van der Waals surface area contributed by atoms with E-state index >= 15 is 0 Å². The lowest BCUT2D eigenvalue weighted by molar-refractivity contribution is -0.137. The van der Waals surface area contributed by atoms with Crippen LogP contribution < -0.4 is 0 Å². The van der Waals surface area contributed by atoms with Gasteiger partial charge in [-0.15, -0.1) is 11.3 Å². The Hall–Kier alpha value is -1.19. The van der Waals surface area contributed by atoms with Gasteiger partial charge in [0.05, 0.1) is 22.0 Å². The lowest BCUT2D eigenvalue weighted by Gasteiger charge is -2.06. The first-order valence-corrected chi connectivity index (χ1v) is 8.05. The molecule has 2 aromatic rings. The number of aromatic nitrogens is 1. The summed E-state index contributed by atoms with van der Waals surface area (Å²) in [5.74, 6) is 0. The molecule has 2 rings (SSSR count). The number of hydrogen-bond donors (Lipinski definition) is 0. The van der Waals surface area contributed by atoms with Crippen molar-refractivity contribution >= 4 is 31.7 Å². The van der Waals surface area contributed by atoms with E-state index in [1.54, 1.807) is 0 Å². The van der Waals surface area contributed by atoms with Gasteiger partial charge in [-0.05, 0) is 25.1 Å². The van der Waals surface area contributed by atoms with Crippen molar-refractivity contribution in [1.82, 2.24) is 4.98 Å². The maximum Gasteiger partial charge on any atom is 0.416 e. The molecule has 1 atom stereocenters. The molecule has 1 aromatic carbocycles. The number of rotatable bonds is 3. The Morgan fingerprint density at radius 1 is 1.35 bits per heavy atom. The SMILES string of the molecule is CC(OS(C)(=O)=O)c1nc2cc(C(F)(F)F)ccc2s1. The highest BCUT2D eigenvalue weighted by molar-refractivity contribution is 7.86. The quantitative estimate of drug-likeness (QED) is 0.812. The molecule has 0 amide bonds. The van der Waals surface area contributed by atoms with E-state index in [1.807, 2.05) is 0 Å². The van der Waals surface area contributed by atoms with Gasteiger partial charge in [0.15, 0.2) is 0 Å². The average Bonchev–Trinajstić information content (AvgIpc) is 2.67. The zero-order chi connectivity index (χ0) is 15.1. The molecule has 0 spiro atoms. The number of halogens is 3. The molecule has 1 unspecified atom stereocenters. The molecule has 1 aromatic heterocycles. The first kappa shape index (κ1) is 15.2. The maximum absolute atomic E-state index is 12.6. The van der Waals surface area contributed by atoms with Gasteiger partial charge in [0.1, 0.15) is 11.1 Å². The number of hydrogen-bond acceptors (Lipinski definition) is 5. The minimum absolute atomic E-state index is 0.170. The van der Waals surface area contributed by atoms with Gasteiger partial charge in [-0.1, -0.05) is 0 Å². The van der Waals surface area contributed by atoms with Gasteiger partial charge in [0, 0.05) is 0 Å². The second-order valence-corrected chi connectivity index (χ2v) is 6.84. The van der Waals surface area contributed by atoms with Crippen LogP contribution in [0.4, 0.5) is 13.2 Å². The van der Waals surface area contributed by atoms with Crippen molar-refractivity contribution in [2.45, 2.75) is 19.2 Å². The third-order valence-electron chi connectivity index (χ3n) is 2.40. The summed E-state index contributed by atoms with van der Waals surface area (Å²) < 4.78 is 65.1. The van der Waals surface area contributed by atoms with Crippen LogP contribution in [0.15, 0.2) is 18.2 Å². The minimum atomic E-state index is -4.44. The van der Waals surface area contributed by atoms with Crippen molar-refractivity contribution in [3.05, 3.63) is 28.8 Å². The highest BCUT2D eigenvalue weighted by Crippen LogP contribution is 2.34. The van der Waals surface area contributed by atoms with E-state index in [9.17, 15) is 21.6 Å². The Bertz CT molecular complexity index is 737. The fourth-order valence-electron chi connectivity index (χ4n) is 1.60. The molecule has 0 saturated carbocycles. The van der Waals surface area contributed by atoms with Crippen molar-refractivity contribution in [3.63, 3.8) is 0 Å². The number of alkyl halides is 3. The van der Waals surface area contributed by atoms with Gasteiger partial charge in [0.2, 0.25) is 0 Å². The van der Waals surface area contributed by atoms with Crippen molar-refractivity contribution in [3.8, 4) is 0 Å². The summed E-state index contributed by atoms with van der Waals surface area (Å²) >= 11 is 1.10. The fourth-order valence-corrected chi connectivity index (χ4v) is 3.20. The van der Waals surface area contributed by atoms with Gasteiger partial charge in [-0.3, -0.25) is 4.18 Å². The molecular formula is C11H10F3NO3S2. The number of fused-ring (bicyclic) bond motifs is 1. The van der Waals surface area contributed by atoms with Crippen LogP contribution >= 0.6 is 11.3 Å². The van der Waals surface area contributed by atoms with Crippen LogP contribution in [0.3, 0.4) is 0 Å². The number of thiazole rings is 1. The summed E-state index contributed by atoms with van der Waals surface area (Å²) in [7, 11) is -3.65. The molecule has 20 heavy (non-hydrogen) atoms. The predicted molar refractivity (Wildman–Crippen MR) is 69.0 cm³/mol. The van der Waals surface area contributed by atoms with Crippen molar-refractivity contribution in [2.24, 2.45) is 0 Å². The van der Waals surface area contributed by atoms with E-state index in [1.165, 1.54) is 13.0 Å². The summed E-state index contributed by atoms with van der Waals surface area (Å²) in [6.07, 6.45) is -4.37. The van der Waals surface area contributed by atoms with Crippen molar-refractivity contribution < 1.29 is 25.8 Å². The van der Waals surface area contributed by atoms with E-state index in [0.717, 1.165) is 29.7 Å². The van der Waals surface area contributed by atoms with E-state index in [0.29, 0.717) is 9.71 Å². The number of nitrogens with zero attached hydrogens (tertiary/aromatic N) is 1. The number of benzene rings is 1. The molecule has 4 nitrogen and oxygen atoms in total. The van der Waals surface area contributed by atoms with E-state index in [-0.39, 0.29) is 5.52 Å². The summed E-state index contributed by atoms with van der Waals surface area (Å²) in [6, 6.07) is 3.21. The van der Waals surface area contributed by atoms with Crippen LogP contribution in [-0.2, 0) is 20.5 Å². The van der Waals surface area contributed by atoms with Crippen LogP contribution in [0.5, 0.6) is 0 Å². The second-order valence-electron chi connectivity index (χ2n) is 4.17. The summed E-state index contributed by atoms with van der Waals surface area (Å²) in [5.41, 5.74) is -0.623. The molecule has 9 heteroatoms. The first-order valence-electron chi connectivity index (χ1n) is 5.42. The topological polar surface area (TPSA) is 56.3 Å².